The second-order valence-corrected chi connectivity index (χ2v) is 6.46. The Kier molecular flexibility index (Phi) is 8.43. The normalized spacial score (nSPS) is 27.7. The van der Waals surface area contributed by atoms with Gasteiger partial charge >= 0.3 is 0 Å². The Hall–Kier alpha value is -0.0700. The van der Waals surface area contributed by atoms with Crippen molar-refractivity contribution in [1.82, 2.24) is 15.5 Å². The fourth-order valence-electron chi connectivity index (χ4n) is 4.03. The second kappa shape index (κ2) is 9.28. The van der Waals surface area contributed by atoms with Gasteiger partial charge in [0, 0.05) is 37.6 Å². The zero-order valence-electron chi connectivity index (χ0n) is 13.1. The van der Waals surface area contributed by atoms with Gasteiger partial charge in [-0.2, -0.15) is 0 Å². The van der Waals surface area contributed by atoms with Crippen LogP contribution in [-0.2, 0) is 9.53 Å². The predicted molar refractivity (Wildman–Crippen MR) is 92.1 cm³/mol. The van der Waals surface area contributed by atoms with Gasteiger partial charge in [-0.15, -0.1) is 24.8 Å². The van der Waals surface area contributed by atoms with Crippen molar-refractivity contribution in [2.45, 2.75) is 50.1 Å². The molecular weight excluding hydrogens is 325 g/mol. The lowest BCUT2D eigenvalue weighted by atomic mass is 9.89. The number of ether oxygens (including phenoxy) is 1. The van der Waals surface area contributed by atoms with Crippen LogP contribution in [0.1, 0.15) is 38.5 Å². The number of nitrogens with one attached hydrogen (secondary N) is 2. The number of amides is 1. The van der Waals surface area contributed by atoms with Gasteiger partial charge in [-0.3, -0.25) is 9.69 Å². The molecule has 7 heteroatoms. The molecule has 22 heavy (non-hydrogen) atoms. The van der Waals surface area contributed by atoms with E-state index < -0.39 is 0 Å². The van der Waals surface area contributed by atoms with E-state index in [-0.39, 0.29) is 36.3 Å². The molecule has 1 unspecified atom stereocenters. The van der Waals surface area contributed by atoms with Crippen molar-refractivity contribution in [3.63, 3.8) is 0 Å². The molecule has 130 valence electrons. The highest BCUT2D eigenvalue weighted by atomic mass is 35.5. The largest absolute Gasteiger partial charge is 0.379 e. The summed E-state index contributed by atoms with van der Waals surface area (Å²) in [7, 11) is 0. The smallest absolute Gasteiger partial charge is 0.222 e. The highest BCUT2D eigenvalue weighted by Gasteiger charge is 2.41. The van der Waals surface area contributed by atoms with E-state index in [9.17, 15) is 4.79 Å². The maximum atomic E-state index is 12.4. The number of carbonyl (C=O) groups excluding carboxylic acids is 1. The minimum absolute atomic E-state index is 0. The van der Waals surface area contributed by atoms with Crippen molar-refractivity contribution < 1.29 is 9.53 Å². The summed E-state index contributed by atoms with van der Waals surface area (Å²) in [5.41, 5.74) is 0.111. The van der Waals surface area contributed by atoms with Gasteiger partial charge in [0.2, 0.25) is 5.91 Å². The first-order valence-electron chi connectivity index (χ1n) is 8.11. The van der Waals surface area contributed by atoms with Crippen molar-refractivity contribution in [2.75, 3.05) is 39.4 Å². The van der Waals surface area contributed by atoms with Crippen LogP contribution in [-0.4, -0.2) is 61.8 Å². The van der Waals surface area contributed by atoms with Gasteiger partial charge in [0.25, 0.3) is 0 Å². The average Bonchev–Trinajstić information content (AvgIpc) is 3.12. The number of carbonyl (C=O) groups is 1. The van der Waals surface area contributed by atoms with Gasteiger partial charge in [-0.25, -0.2) is 0 Å². The lowest BCUT2D eigenvalue weighted by Crippen LogP contribution is -2.54. The maximum absolute atomic E-state index is 12.4. The van der Waals surface area contributed by atoms with Gasteiger partial charge in [0.1, 0.15) is 0 Å². The first-order valence-corrected chi connectivity index (χ1v) is 8.11. The zero-order valence-corrected chi connectivity index (χ0v) is 14.8. The molecule has 5 nitrogen and oxygen atoms in total. The van der Waals surface area contributed by atoms with Crippen LogP contribution in [0.2, 0.25) is 0 Å². The molecule has 1 atom stereocenters. The Morgan fingerprint density at radius 1 is 1.23 bits per heavy atom. The van der Waals surface area contributed by atoms with Gasteiger partial charge in [0.05, 0.1) is 13.2 Å². The fourth-order valence-corrected chi connectivity index (χ4v) is 4.03. The third-order valence-corrected chi connectivity index (χ3v) is 5.13. The SMILES string of the molecule is Cl.Cl.O=C(CC1(N2CCOCC2)CCCC1)NC1CCNC1. The Bertz CT molecular complexity index is 340. The van der Waals surface area contributed by atoms with E-state index in [0.717, 1.165) is 45.8 Å². The molecule has 1 aliphatic carbocycles. The third kappa shape index (κ3) is 4.71. The molecule has 1 amide bonds. The fraction of sp³-hybridized carbons (Fsp3) is 0.933. The average molecular weight is 354 g/mol. The van der Waals surface area contributed by atoms with Crippen molar-refractivity contribution in [1.29, 1.82) is 0 Å². The van der Waals surface area contributed by atoms with Crippen LogP contribution in [0.5, 0.6) is 0 Å². The summed E-state index contributed by atoms with van der Waals surface area (Å²) in [5.74, 6) is 0.243. The Morgan fingerprint density at radius 2 is 1.91 bits per heavy atom. The summed E-state index contributed by atoms with van der Waals surface area (Å²) in [4.78, 5) is 14.9. The number of hydrogen-bond acceptors (Lipinski definition) is 4. The van der Waals surface area contributed by atoms with Crippen LogP contribution in [0, 0.1) is 0 Å². The van der Waals surface area contributed by atoms with Crippen LogP contribution in [0.3, 0.4) is 0 Å². The minimum atomic E-state index is 0. The molecule has 2 heterocycles. The Balaban J connectivity index is 0.00000121. The van der Waals surface area contributed by atoms with E-state index in [0.29, 0.717) is 12.5 Å². The molecule has 0 aromatic heterocycles. The van der Waals surface area contributed by atoms with Crippen molar-refractivity contribution in [2.24, 2.45) is 0 Å². The topological polar surface area (TPSA) is 53.6 Å². The number of halogens is 2. The summed E-state index contributed by atoms with van der Waals surface area (Å²) < 4.78 is 5.47. The van der Waals surface area contributed by atoms with E-state index in [1.54, 1.807) is 0 Å². The van der Waals surface area contributed by atoms with Crippen molar-refractivity contribution in [3.8, 4) is 0 Å². The molecular formula is C15H29Cl2N3O2. The van der Waals surface area contributed by atoms with E-state index in [1.807, 2.05) is 0 Å². The number of rotatable bonds is 4. The summed E-state index contributed by atoms with van der Waals surface area (Å²) in [6.07, 6.45) is 6.59. The Morgan fingerprint density at radius 3 is 2.50 bits per heavy atom. The van der Waals surface area contributed by atoms with E-state index >= 15 is 0 Å². The molecule has 2 N–H and O–H groups in total. The molecule has 0 spiro atoms. The van der Waals surface area contributed by atoms with Crippen LogP contribution in [0.15, 0.2) is 0 Å². The maximum Gasteiger partial charge on any atom is 0.222 e. The molecule has 1 saturated carbocycles. The number of nitrogens with zero attached hydrogens (tertiary/aromatic N) is 1. The van der Waals surface area contributed by atoms with Crippen LogP contribution in [0.25, 0.3) is 0 Å². The molecule has 0 aromatic carbocycles. The third-order valence-electron chi connectivity index (χ3n) is 5.13. The molecule has 3 aliphatic rings. The summed E-state index contributed by atoms with van der Waals surface area (Å²) in [6.45, 7) is 5.55. The summed E-state index contributed by atoms with van der Waals surface area (Å²) >= 11 is 0. The molecule has 3 fully saturated rings. The molecule has 0 radical (unpaired) electrons. The molecule has 0 aromatic rings. The first-order chi connectivity index (χ1) is 9.78. The summed E-state index contributed by atoms with van der Waals surface area (Å²) in [5, 5.41) is 6.51. The first kappa shape index (κ1) is 20.0. The lowest BCUT2D eigenvalue weighted by Gasteiger charge is -2.43. The van der Waals surface area contributed by atoms with Gasteiger partial charge in [0.15, 0.2) is 0 Å². The number of morpholine rings is 1. The Labute approximate surface area is 145 Å². The van der Waals surface area contributed by atoms with Gasteiger partial charge in [-0.05, 0) is 25.8 Å². The quantitative estimate of drug-likeness (QED) is 0.800. The number of hydrogen-bond donors (Lipinski definition) is 2. The highest BCUT2D eigenvalue weighted by molar-refractivity contribution is 5.85. The van der Waals surface area contributed by atoms with E-state index in [2.05, 4.69) is 15.5 Å². The standard InChI is InChI=1S/C15H27N3O2.2ClH/c19-14(17-13-3-6-16-12-13)11-15(4-1-2-5-15)18-7-9-20-10-8-18;;/h13,16H,1-12H2,(H,17,19);2*1H. The van der Waals surface area contributed by atoms with Crippen LogP contribution in [0.4, 0.5) is 0 Å². The predicted octanol–water partition coefficient (Wildman–Crippen LogP) is 1.34. The monoisotopic (exact) mass is 353 g/mol. The van der Waals surface area contributed by atoms with E-state index in [1.165, 1.54) is 25.7 Å². The zero-order chi connectivity index (χ0) is 13.8. The van der Waals surface area contributed by atoms with Crippen molar-refractivity contribution >= 4 is 30.7 Å². The molecule has 0 bridgehead atoms. The van der Waals surface area contributed by atoms with Gasteiger partial charge in [-0.1, -0.05) is 12.8 Å². The molecule has 2 saturated heterocycles. The molecule has 3 rings (SSSR count). The van der Waals surface area contributed by atoms with Crippen molar-refractivity contribution in [3.05, 3.63) is 0 Å². The second-order valence-electron chi connectivity index (χ2n) is 6.46. The molecule has 2 aliphatic heterocycles. The minimum Gasteiger partial charge on any atom is -0.379 e. The van der Waals surface area contributed by atoms with E-state index in [4.69, 9.17) is 4.74 Å². The highest BCUT2D eigenvalue weighted by Crippen LogP contribution is 2.38. The van der Waals surface area contributed by atoms with Crippen LogP contribution < -0.4 is 10.6 Å². The lowest BCUT2D eigenvalue weighted by molar-refractivity contribution is -0.126. The van der Waals surface area contributed by atoms with Gasteiger partial charge < -0.3 is 15.4 Å². The van der Waals surface area contributed by atoms with Crippen LogP contribution >= 0.6 is 24.8 Å². The summed E-state index contributed by atoms with van der Waals surface area (Å²) in [6, 6.07) is 0.339.